The second-order valence-corrected chi connectivity index (χ2v) is 9.77. The third kappa shape index (κ3) is 7.81. The van der Waals surface area contributed by atoms with Crippen LogP contribution in [0, 0.1) is 24.7 Å². The Morgan fingerprint density at radius 1 is 1.15 bits per heavy atom. The van der Waals surface area contributed by atoms with Crippen molar-refractivity contribution >= 4 is 17.7 Å². The number of aryl methyl sites for hydroxylation is 1. The van der Waals surface area contributed by atoms with Crippen LogP contribution >= 0.6 is 11.8 Å². The van der Waals surface area contributed by atoms with E-state index in [1.165, 1.54) is 44.5 Å². The van der Waals surface area contributed by atoms with Gasteiger partial charge in [0, 0.05) is 23.2 Å². The quantitative estimate of drug-likeness (QED) is 0.318. The minimum atomic E-state index is -1.30. The zero-order valence-electron chi connectivity index (χ0n) is 24.0. The first-order chi connectivity index (χ1) is 19.4. The normalized spacial score (nSPS) is 18.2. The molecule has 1 aliphatic carbocycles. The molecule has 40 heavy (non-hydrogen) atoms. The number of nitrogens with one attached hydrogen (secondary N) is 3. The van der Waals surface area contributed by atoms with E-state index in [1.807, 2.05) is 27.7 Å². The summed E-state index contributed by atoms with van der Waals surface area (Å²) in [6, 6.07) is 3.26. The maximum atomic E-state index is 14.1. The molecule has 1 aliphatic heterocycles. The van der Waals surface area contributed by atoms with E-state index in [4.69, 9.17) is 9.15 Å². The number of ether oxygens (including phenoxy) is 1. The van der Waals surface area contributed by atoms with Gasteiger partial charge in [0.05, 0.1) is 30.3 Å². The first kappa shape index (κ1) is 31.1. The van der Waals surface area contributed by atoms with Gasteiger partial charge in [-0.2, -0.15) is 0 Å². The van der Waals surface area contributed by atoms with Crippen LogP contribution in [0.4, 0.5) is 4.39 Å². The number of hydrogen-bond donors (Lipinski definition) is 3. The molecule has 3 unspecified atom stereocenters. The summed E-state index contributed by atoms with van der Waals surface area (Å²) in [7, 11) is 1.49. The third-order valence-corrected chi connectivity index (χ3v) is 6.68. The van der Waals surface area contributed by atoms with E-state index in [1.54, 1.807) is 19.1 Å². The number of thioether (sulfide) groups is 1. The predicted molar refractivity (Wildman–Crippen MR) is 156 cm³/mol. The molecule has 9 nitrogen and oxygen atoms in total. The lowest BCUT2D eigenvalue weighted by Gasteiger charge is -2.16. The molecule has 214 valence electrons. The first-order valence-corrected chi connectivity index (χ1v) is 14.4. The lowest BCUT2D eigenvalue weighted by Crippen LogP contribution is -2.43. The monoisotopic (exact) mass is 568 g/mol. The van der Waals surface area contributed by atoms with Gasteiger partial charge in [-0.1, -0.05) is 51.3 Å². The van der Waals surface area contributed by atoms with Crippen LogP contribution in [0.3, 0.4) is 0 Å². The second kappa shape index (κ2) is 14.8. The van der Waals surface area contributed by atoms with Gasteiger partial charge in [0.25, 0.3) is 5.91 Å². The fraction of sp³-hybridized carbons (Fsp3) is 0.448. The number of pyridine rings is 2. The maximum absolute atomic E-state index is 14.1. The molecule has 3 N–H and O–H groups in total. The maximum Gasteiger partial charge on any atom is 0.255 e. The van der Waals surface area contributed by atoms with Crippen molar-refractivity contribution in [3.05, 3.63) is 47.7 Å². The number of hydrogen-bond acceptors (Lipinski definition) is 9. The van der Waals surface area contributed by atoms with E-state index in [0.717, 1.165) is 12.8 Å². The highest BCUT2D eigenvalue weighted by Crippen LogP contribution is 2.36. The summed E-state index contributed by atoms with van der Waals surface area (Å²) in [6.45, 7) is 11.2. The molecule has 1 amide bonds. The summed E-state index contributed by atoms with van der Waals surface area (Å²) in [6.07, 6.45) is 5.41. The molecular formula is C29H37FN6O3S. The Bertz CT molecular complexity index is 1350. The van der Waals surface area contributed by atoms with Crippen LogP contribution in [-0.2, 0) is 0 Å². The van der Waals surface area contributed by atoms with E-state index < -0.39 is 11.7 Å². The zero-order chi connectivity index (χ0) is 29.2. The van der Waals surface area contributed by atoms with Gasteiger partial charge in [-0.15, -0.1) is 0 Å². The average Bonchev–Trinajstić information content (AvgIpc) is 3.55. The molecule has 4 heterocycles. The summed E-state index contributed by atoms with van der Waals surface area (Å²) in [5, 5.41) is 2.82. The Hall–Kier alpha value is -3.46. The average molecular weight is 569 g/mol. The molecule has 2 fully saturated rings. The summed E-state index contributed by atoms with van der Waals surface area (Å²) in [4.78, 5) is 26.3. The van der Waals surface area contributed by atoms with Crippen LogP contribution < -0.4 is 20.9 Å². The van der Waals surface area contributed by atoms with Gasteiger partial charge in [-0.3, -0.25) is 14.8 Å². The predicted octanol–water partition coefficient (Wildman–Crippen LogP) is 5.79. The number of amides is 1. The number of carbonyl (C=O) groups is 1. The lowest BCUT2D eigenvalue weighted by atomic mass is 9.98. The van der Waals surface area contributed by atoms with Gasteiger partial charge in [-0.25, -0.2) is 20.2 Å². The van der Waals surface area contributed by atoms with Crippen LogP contribution in [-0.4, -0.2) is 38.8 Å². The summed E-state index contributed by atoms with van der Waals surface area (Å²) < 4.78 is 25.2. The minimum absolute atomic E-state index is 0.127. The topological polar surface area (TPSA) is 114 Å². The van der Waals surface area contributed by atoms with E-state index in [-0.39, 0.29) is 22.5 Å². The largest absolute Gasteiger partial charge is 0.494 e. The number of rotatable bonds is 6. The van der Waals surface area contributed by atoms with Crippen molar-refractivity contribution in [2.45, 2.75) is 71.4 Å². The van der Waals surface area contributed by atoms with Crippen LogP contribution in [0.2, 0.25) is 0 Å². The molecule has 0 aromatic carbocycles. The summed E-state index contributed by atoms with van der Waals surface area (Å²) >= 11 is 1.46. The summed E-state index contributed by atoms with van der Waals surface area (Å²) in [5.41, 5.74) is 8.33. The van der Waals surface area contributed by atoms with Crippen molar-refractivity contribution in [1.82, 2.24) is 31.1 Å². The van der Waals surface area contributed by atoms with Crippen molar-refractivity contribution in [2.75, 3.05) is 7.11 Å². The molecule has 0 bridgehead atoms. The van der Waals surface area contributed by atoms with Gasteiger partial charge in [0.2, 0.25) is 5.89 Å². The molecule has 5 rings (SSSR count). The van der Waals surface area contributed by atoms with Gasteiger partial charge in [0.15, 0.2) is 0 Å². The SMILES string of the molecule is CC.CC.COc1cnc(C(C)F)cc1-c1cc(-c2nc(C)co2)ncc1C(=O)NC1NNC(C#CC2CC2)S1. The highest BCUT2D eigenvalue weighted by molar-refractivity contribution is 8.00. The van der Waals surface area contributed by atoms with Crippen molar-refractivity contribution in [1.29, 1.82) is 0 Å². The Labute approximate surface area is 239 Å². The lowest BCUT2D eigenvalue weighted by molar-refractivity contribution is 0.0945. The Morgan fingerprint density at radius 3 is 2.52 bits per heavy atom. The van der Waals surface area contributed by atoms with Gasteiger partial charge in [0.1, 0.15) is 34.7 Å². The number of oxazole rings is 1. The van der Waals surface area contributed by atoms with Crippen molar-refractivity contribution in [2.24, 2.45) is 5.92 Å². The molecule has 2 aliphatic rings. The Kier molecular flexibility index (Phi) is 11.5. The van der Waals surface area contributed by atoms with Crippen LogP contribution in [0.15, 0.2) is 35.2 Å². The number of aromatic nitrogens is 3. The molecule has 1 saturated heterocycles. The third-order valence-electron chi connectivity index (χ3n) is 5.67. The Balaban J connectivity index is 0.00000106. The smallest absolute Gasteiger partial charge is 0.255 e. The van der Waals surface area contributed by atoms with E-state index >= 15 is 0 Å². The fourth-order valence-electron chi connectivity index (χ4n) is 3.61. The molecule has 0 spiro atoms. The molecule has 0 radical (unpaired) electrons. The van der Waals surface area contributed by atoms with Gasteiger partial charge in [-0.05, 0) is 38.8 Å². The molecule has 1 saturated carbocycles. The van der Waals surface area contributed by atoms with E-state index in [9.17, 15) is 9.18 Å². The molecule has 3 atom stereocenters. The zero-order valence-corrected chi connectivity index (χ0v) is 24.8. The highest BCUT2D eigenvalue weighted by atomic mass is 32.2. The highest BCUT2D eigenvalue weighted by Gasteiger charge is 2.28. The van der Waals surface area contributed by atoms with Crippen LogP contribution in [0.25, 0.3) is 22.7 Å². The molecular weight excluding hydrogens is 531 g/mol. The summed E-state index contributed by atoms with van der Waals surface area (Å²) in [5.74, 6) is 7.22. The standard InChI is InChI=1S/C25H25FN6O3S.2C2H6/c1-13-12-35-24(29-13)20-8-16(17-9-19(14(2)26)28-11-21(17)34-3)18(10-27-20)23(33)30-25-32-31-22(36-25)7-6-15-4-5-15;2*1-2/h8-12,14-15,22,25,31-32H,4-5H2,1-3H3,(H,30,33);2*1-2H3. The molecule has 11 heteroatoms. The van der Waals surface area contributed by atoms with Crippen LogP contribution in [0.1, 0.15) is 75.4 Å². The number of halogens is 1. The number of carbonyl (C=O) groups excluding carboxylic acids is 1. The van der Waals surface area contributed by atoms with Crippen molar-refractivity contribution in [3.63, 3.8) is 0 Å². The van der Waals surface area contributed by atoms with Crippen LogP contribution in [0.5, 0.6) is 5.75 Å². The number of alkyl halides is 1. The Morgan fingerprint density at radius 2 is 1.90 bits per heavy atom. The fourth-order valence-corrected chi connectivity index (χ4v) is 4.47. The number of hydrazine groups is 1. The van der Waals surface area contributed by atoms with Gasteiger partial charge >= 0.3 is 0 Å². The number of nitrogens with zero attached hydrogens (tertiary/aromatic N) is 3. The van der Waals surface area contributed by atoms with E-state index in [2.05, 4.69) is 43.0 Å². The minimum Gasteiger partial charge on any atom is -0.494 e. The molecule has 3 aromatic rings. The molecule has 3 aromatic heterocycles. The number of methoxy groups -OCH3 is 1. The van der Waals surface area contributed by atoms with Gasteiger partial charge < -0.3 is 14.5 Å². The van der Waals surface area contributed by atoms with E-state index in [0.29, 0.717) is 40.1 Å². The van der Waals surface area contributed by atoms with Crippen molar-refractivity contribution in [3.8, 4) is 40.3 Å². The van der Waals surface area contributed by atoms with Crippen molar-refractivity contribution < 1.29 is 18.3 Å². The second-order valence-electron chi connectivity index (χ2n) is 8.56. The first-order valence-electron chi connectivity index (χ1n) is 13.5.